The van der Waals surface area contributed by atoms with Gasteiger partial charge in [0.15, 0.2) is 5.84 Å². The second kappa shape index (κ2) is 12.0. The molecular formula is C25H24ClF2N5O3. The summed E-state index contributed by atoms with van der Waals surface area (Å²) >= 11 is 6.00. The minimum Gasteiger partial charge on any atom is -0.489 e. The number of nitrogens with one attached hydrogen (secondary N) is 2. The summed E-state index contributed by atoms with van der Waals surface area (Å²) < 4.78 is 38.7. The summed E-state index contributed by atoms with van der Waals surface area (Å²) in [6, 6.07) is 13.1. The zero-order valence-electron chi connectivity index (χ0n) is 19.4. The Bertz CT molecular complexity index is 1390. The van der Waals surface area contributed by atoms with E-state index in [1.54, 1.807) is 30.3 Å². The third-order valence-electron chi connectivity index (χ3n) is 4.95. The number of anilines is 1. The predicted octanol–water partition coefficient (Wildman–Crippen LogP) is 5.31. The molecule has 0 atom stereocenters. The molecule has 36 heavy (non-hydrogen) atoms. The van der Waals surface area contributed by atoms with Crippen LogP contribution < -0.4 is 27.2 Å². The highest BCUT2D eigenvalue weighted by atomic mass is 35.5. The molecule has 0 aliphatic carbocycles. The number of fused-ring (bicyclic) bond motifs is 1. The van der Waals surface area contributed by atoms with Crippen molar-refractivity contribution in [2.24, 2.45) is 16.8 Å². The molecule has 0 spiro atoms. The first kappa shape index (κ1) is 26.5. The molecule has 0 saturated carbocycles. The molecule has 4 rings (SSSR count). The van der Waals surface area contributed by atoms with Crippen LogP contribution in [0.2, 0.25) is 5.02 Å². The van der Waals surface area contributed by atoms with E-state index in [4.69, 9.17) is 32.4 Å². The second-order valence-electron chi connectivity index (χ2n) is 7.10. The Kier molecular flexibility index (Phi) is 8.82. The normalized spacial score (nSPS) is 11.0. The number of nitrogens with zero attached hydrogens (tertiary/aromatic N) is 1. The van der Waals surface area contributed by atoms with Crippen LogP contribution in [0.5, 0.6) is 5.75 Å². The first-order valence-electron chi connectivity index (χ1n) is 10.8. The number of ether oxygens (including phenoxy) is 1. The van der Waals surface area contributed by atoms with Gasteiger partial charge in [-0.2, -0.15) is 5.10 Å². The highest BCUT2D eigenvalue weighted by molar-refractivity contribution is 6.31. The second-order valence-corrected chi connectivity index (χ2v) is 7.51. The van der Waals surface area contributed by atoms with E-state index in [0.717, 1.165) is 6.07 Å². The average molecular weight is 516 g/mol. The molecule has 6 N–H and O–H groups in total. The van der Waals surface area contributed by atoms with Gasteiger partial charge >= 0.3 is 0 Å². The molecule has 0 bridgehead atoms. The molecule has 3 aromatic carbocycles. The van der Waals surface area contributed by atoms with Gasteiger partial charge in [0, 0.05) is 16.6 Å². The first-order valence-corrected chi connectivity index (χ1v) is 11.2. The lowest BCUT2D eigenvalue weighted by atomic mass is 10.1. The van der Waals surface area contributed by atoms with Crippen molar-refractivity contribution in [2.45, 2.75) is 20.5 Å². The fourth-order valence-electron chi connectivity index (χ4n) is 3.22. The van der Waals surface area contributed by atoms with Crippen molar-refractivity contribution >= 4 is 40.0 Å². The molecule has 0 aliphatic heterocycles. The summed E-state index contributed by atoms with van der Waals surface area (Å²) in [5.74, 6) is 9.31. The van der Waals surface area contributed by atoms with Gasteiger partial charge in [0.1, 0.15) is 35.8 Å². The van der Waals surface area contributed by atoms with Crippen LogP contribution in [0.1, 0.15) is 35.3 Å². The number of benzene rings is 3. The fraction of sp³-hybridized carbons (Fsp3) is 0.120. The van der Waals surface area contributed by atoms with Gasteiger partial charge in [-0.1, -0.05) is 31.5 Å². The number of rotatable bonds is 6. The summed E-state index contributed by atoms with van der Waals surface area (Å²) in [7, 11) is 0. The smallest absolute Gasteiger partial charge is 0.259 e. The van der Waals surface area contributed by atoms with Crippen molar-refractivity contribution in [1.29, 1.82) is 0 Å². The molecule has 0 fully saturated rings. The average Bonchev–Trinajstić information content (AvgIpc) is 3.29. The van der Waals surface area contributed by atoms with Crippen molar-refractivity contribution in [3.63, 3.8) is 0 Å². The quantitative estimate of drug-likeness (QED) is 0.119. The number of amides is 1. The maximum Gasteiger partial charge on any atom is 0.259 e. The molecule has 8 nitrogen and oxygen atoms in total. The van der Waals surface area contributed by atoms with Gasteiger partial charge in [0.25, 0.3) is 5.91 Å². The van der Waals surface area contributed by atoms with Gasteiger partial charge in [-0.3, -0.25) is 4.79 Å². The van der Waals surface area contributed by atoms with Crippen LogP contribution in [-0.4, -0.2) is 11.7 Å². The van der Waals surface area contributed by atoms with Gasteiger partial charge in [-0.25, -0.2) is 14.6 Å². The third kappa shape index (κ3) is 5.91. The van der Waals surface area contributed by atoms with Crippen LogP contribution in [0.15, 0.2) is 70.4 Å². The molecule has 1 aromatic heterocycles. The van der Waals surface area contributed by atoms with E-state index < -0.39 is 17.5 Å². The Hall–Kier alpha value is -4.15. The van der Waals surface area contributed by atoms with E-state index in [9.17, 15) is 13.6 Å². The number of nitrogens with two attached hydrogens (primary N) is 2. The molecular weight excluding hydrogens is 492 g/mol. The largest absolute Gasteiger partial charge is 0.489 e. The molecule has 0 radical (unpaired) electrons. The summed E-state index contributed by atoms with van der Waals surface area (Å²) in [6.45, 7) is 4.15. The Morgan fingerprint density at radius 3 is 2.44 bits per heavy atom. The predicted molar refractivity (Wildman–Crippen MR) is 136 cm³/mol. The number of hydrogen-bond donors (Lipinski definition) is 4. The van der Waals surface area contributed by atoms with Gasteiger partial charge in [-0.15, -0.1) is 0 Å². The van der Waals surface area contributed by atoms with Gasteiger partial charge in [0.2, 0.25) is 0 Å². The summed E-state index contributed by atoms with van der Waals surface area (Å²) in [5, 5.41) is 6.63. The molecule has 1 heterocycles. The van der Waals surface area contributed by atoms with Gasteiger partial charge in [-0.05, 0) is 48.5 Å². The Morgan fingerprint density at radius 1 is 1.08 bits per heavy atom. The summed E-state index contributed by atoms with van der Waals surface area (Å²) in [6.07, 6.45) is 1.22. The van der Waals surface area contributed by atoms with Crippen LogP contribution in [0.25, 0.3) is 11.0 Å². The van der Waals surface area contributed by atoms with Gasteiger partial charge in [0.05, 0.1) is 16.1 Å². The van der Waals surface area contributed by atoms with E-state index >= 15 is 0 Å². The van der Waals surface area contributed by atoms with Crippen molar-refractivity contribution < 1.29 is 22.7 Å². The molecule has 0 unspecified atom stereocenters. The fourth-order valence-corrected chi connectivity index (χ4v) is 3.44. The number of hydrazine groups is 1. The highest BCUT2D eigenvalue weighted by Crippen LogP contribution is 2.26. The third-order valence-corrected chi connectivity index (χ3v) is 5.30. The lowest BCUT2D eigenvalue weighted by Gasteiger charge is -2.09. The molecule has 1 amide bonds. The molecule has 11 heteroatoms. The first-order chi connectivity index (χ1) is 17.4. The minimum absolute atomic E-state index is 0.00341. The zero-order chi connectivity index (χ0) is 26.2. The van der Waals surface area contributed by atoms with Crippen molar-refractivity contribution in [3.8, 4) is 5.75 Å². The van der Waals surface area contributed by atoms with Crippen LogP contribution in [0, 0.1) is 11.6 Å². The maximum absolute atomic E-state index is 14.5. The van der Waals surface area contributed by atoms with Crippen LogP contribution in [0.4, 0.5) is 14.5 Å². The number of halogens is 3. The molecule has 4 aromatic rings. The van der Waals surface area contributed by atoms with Crippen LogP contribution in [-0.2, 0) is 6.61 Å². The van der Waals surface area contributed by atoms with E-state index in [-0.39, 0.29) is 39.6 Å². The number of carbonyl (C=O) groups excluding carboxylic acids is 1. The molecule has 0 saturated heterocycles. The van der Waals surface area contributed by atoms with Crippen LogP contribution >= 0.6 is 11.6 Å². The number of amidine groups is 1. The van der Waals surface area contributed by atoms with E-state index in [1.807, 2.05) is 13.8 Å². The summed E-state index contributed by atoms with van der Waals surface area (Å²) in [4.78, 5) is 12.7. The Labute approximate surface area is 210 Å². The van der Waals surface area contributed by atoms with E-state index in [1.165, 1.54) is 24.5 Å². The number of furan rings is 1. The zero-order valence-corrected chi connectivity index (χ0v) is 20.2. The number of hydrogen-bond acceptors (Lipinski definition) is 6. The topological polar surface area (TPSA) is 128 Å². The Morgan fingerprint density at radius 2 is 1.81 bits per heavy atom. The Balaban J connectivity index is 0.00000176. The molecule has 188 valence electrons. The summed E-state index contributed by atoms with van der Waals surface area (Å²) in [5.41, 5.74) is 3.70. The van der Waals surface area contributed by atoms with E-state index in [0.29, 0.717) is 17.0 Å². The minimum atomic E-state index is -0.687. The standard InChI is InChI=1S/C23H18ClF2N5O3.C2H6/c24-19-7-13(25)2-1-12(19)10-33-15-5-3-14(4-6-15)29-23(32)18-11-34-21-9-17(22(30-27)31-28)20(26)8-16(18)21;1-2/h1-9,11H,10,27-28H2,(H,29,32)(H,30,31);1-2H3. The van der Waals surface area contributed by atoms with Crippen molar-refractivity contribution in [2.75, 3.05) is 5.32 Å². The number of carbonyl (C=O) groups is 1. The molecule has 0 aliphatic rings. The lowest BCUT2D eigenvalue weighted by molar-refractivity contribution is 0.102. The van der Waals surface area contributed by atoms with Crippen LogP contribution in [0.3, 0.4) is 0 Å². The highest BCUT2D eigenvalue weighted by Gasteiger charge is 2.19. The van der Waals surface area contributed by atoms with Crippen molar-refractivity contribution in [1.82, 2.24) is 5.43 Å². The monoisotopic (exact) mass is 515 g/mol. The van der Waals surface area contributed by atoms with E-state index in [2.05, 4.69) is 15.8 Å². The lowest BCUT2D eigenvalue weighted by Crippen LogP contribution is -2.32. The SMILES string of the molecule is CC.N/N=C(\NN)c1cc2occ(C(=O)Nc3ccc(OCc4ccc(F)cc4Cl)cc3)c2cc1F. The number of hydrazone groups is 1. The van der Waals surface area contributed by atoms with Gasteiger partial charge < -0.3 is 25.7 Å². The maximum atomic E-state index is 14.5. The van der Waals surface area contributed by atoms with Crippen molar-refractivity contribution in [3.05, 3.63) is 94.2 Å².